The number of halogens is 1. The van der Waals surface area contributed by atoms with Crippen LogP contribution in [0.25, 0.3) is 5.69 Å². The van der Waals surface area contributed by atoms with Crippen LogP contribution in [0.3, 0.4) is 0 Å². The van der Waals surface area contributed by atoms with Crippen LogP contribution in [-0.4, -0.2) is 34.7 Å². The minimum atomic E-state index is -0.189. The van der Waals surface area contributed by atoms with Gasteiger partial charge in [0.1, 0.15) is 0 Å². The fourth-order valence-electron chi connectivity index (χ4n) is 5.37. The number of aryl methyl sites for hydroxylation is 1. The predicted molar refractivity (Wildman–Crippen MR) is 172 cm³/mol. The Morgan fingerprint density at radius 3 is 2.37 bits per heavy atom. The van der Waals surface area contributed by atoms with E-state index in [1.54, 1.807) is 6.20 Å². The van der Waals surface area contributed by atoms with Gasteiger partial charge in [0.2, 0.25) is 5.91 Å². The highest BCUT2D eigenvalue weighted by molar-refractivity contribution is 7.80. The van der Waals surface area contributed by atoms with Crippen molar-refractivity contribution >= 4 is 51.9 Å². The van der Waals surface area contributed by atoms with Gasteiger partial charge in [-0.05, 0) is 92.3 Å². The molecule has 0 bridgehead atoms. The molecule has 1 aliphatic heterocycles. The number of rotatable bonds is 7. The average molecular weight is 587 g/mol. The standard InChI is InChI=1S/C32H35ClN6OS/c1-19(2)31(40)35-27-15-14-24(18-26(27)33)39-30(29(36-32(39)41)28-9-7-8-16-34-28)25-17-20(3)38(21(25)4)23-12-10-22(11-13-23)37(5)6/h7-19,29-30H,1-6H3,(H,35,40)(H,36,41)/t29-,30+/m1/s1. The van der Waals surface area contributed by atoms with Gasteiger partial charge >= 0.3 is 0 Å². The number of carbonyl (C=O) groups is 1. The quantitative estimate of drug-likeness (QED) is 0.228. The molecule has 2 aromatic heterocycles. The monoisotopic (exact) mass is 586 g/mol. The molecule has 0 unspecified atom stereocenters. The molecule has 0 saturated carbocycles. The van der Waals surface area contributed by atoms with Crippen LogP contribution in [0.5, 0.6) is 0 Å². The molecule has 4 aromatic rings. The first-order chi connectivity index (χ1) is 19.6. The second kappa shape index (κ2) is 11.5. The summed E-state index contributed by atoms with van der Waals surface area (Å²) >= 11 is 12.6. The van der Waals surface area contributed by atoms with E-state index in [1.807, 2.05) is 64.3 Å². The first-order valence-electron chi connectivity index (χ1n) is 13.6. The summed E-state index contributed by atoms with van der Waals surface area (Å²) < 4.78 is 2.28. The SMILES string of the molecule is Cc1cc([C@H]2[C@@H](c3ccccn3)NC(=S)N2c2ccc(NC(=O)C(C)C)c(Cl)c2)c(C)n1-c1ccc(N(C)C)cc1. The first-order valence-corrected chi connectivity index (χ1v) is 14.4. The normalized spacial score (nSPS) is 16.7. The van der Waals surface area contributed by atoms with Gasteiger partial charge in [0.25, 0.3) is 0 Å². The zero-order valence-corrected chi connectivity index (χ0v) is 25.7. The summed E-state index contributed by atoms with van der Waals surface area (Å²) in [5, 5.41) is 7.48. The lowest BCUT2D eigenvalue weighted by molar-refractivity contribution is -0.118. The van der Waals surface area contributed by atoms with Crippen LogP contribution in [0, 0.1) is 19.8 Å². The lowest BCUT2D eigenvalue weighted by atomic mass is 9.96. The molecule has 0 spiro atoms. The van der Waals surface area contributed by atoms with E-state index in [2.05, 4.69) is 74.2 Å². The van der Waals surface area contributed by atoms with E-state index in [-0.39, 0.29) is 23.9 Å². The molecule has 2 atom stereocenters. The molecule has 9 heteroatoms. The van der Waals surface area contributed by atoms with Crippen molar-refractivity contribution in [2.45, 2.75) is 39.8 Å². The smallest absolute Gasteiger partial charge is 0.226 e. The molecule has 1 saturated heterocycles. The van der Waals surface area contributed by atoms with Crippen LogP contribution >= 0.6 is 23.8 Å². The van der Waals surface area contributed by atoms with Crippen molar-refractivity contribution in [3.63, 3.8) is 0 Å². The summed E-state index contributed by atoms with van der Waals surface area (Å²) in [6, 6.07) is 22.0. The lowest BCUT2D eigenvalue weighted by Crippen LogP contribution is -2.29. The van der Waals surface area contributed by atoms with E-state index >= 15 is 0 Å². The highest BCUT2D eigenvalue weighted by Crippen LogP contribution is 2.44. The topological polar surface area (TPSA) is 65.4 Å². The number of hydrogen-bond donors (Lipinski definition) is 2. The number of carbonyl (C=O) groups excluding carboxylic acids is 1. The molecule has 41 heavy (non-hydrogen) atoms. The largest absolute Gasteiger partial charge is 0.378 e. The van der Waals surface area contributed by atoms with Crippen molar-refractivity contribution in [3.05, 3.63) is 101 Å². The molecule has 1 fully saturated rings. The van der Waals surface area contributed by atoms with Gasteiger partial charge in [-0.25, -0.2) is 0 Å². The van der Waals surface area contributed by atoms with E-state index < -0.39 is 0 Å². The second-order valence-corrected chi connectivity index (χ2v) is 11.7. The van der Waals surface area contributed by atoms with Crippen molar-refractivity contribution < 1.29 is 4.79 Å². The summed E-state index contributed by atoms with van der Waals surface area (Å²) in [4.78, 5) is 21.2. The van der Waals surface area contributed by atoms with Crippen molar-refractivity contribution in [1.29, 1.82) is 0 Å². The summed E-state index contributed by atoms with van der Waals surface area (Å²) in [5.74, 6) is -0.240. The van der Waals surface area contributed by atoms with Gasteiger partial charge in [-0.2, -0.15) is 0 Å². The van der Waals surface area contributed by atoms with Crippen molar-refractivity contribution in [2.75, 3.05) is 29.2 Å². The third-order valence-electron chi connectivity index (χ3n) is 7.52. The Morgan fingerprint density at radius 2 is 1.76 bits per heavy atom. The Hall–Kier alpha value is -3.88. The molecule has 1 aliphatic rings. The number of nitrogens with one attached hydrogen (secondary N) is 2. The van der Waals surface area contributed by atoms with Gasteiger partial charge in [-0.15, -0.1) is 0 Å². The van der Waals surface area contributed by atoms with Crippen LogP contribution in [0.2, 0.25) is 5.02 Å². The number of anilines is 3. The maximum Gasteiger partial charge on any atom is 0.226 e. The summed E-state index contributed by atoms with van der Waals surface area (Å²) in [7, 11) is 4.08. The number of pyridine rings is 1. The fourth-order valence-corrected chi connectivity index (χ4v) is 5.93. The van der Waals surface area contributed by atoms with Gasteiger partial charge in [-0.3, -0.25) is 9.78 Å². The Bertz CT molecular complexity index is 1580. The average Bonchev–Trinajstić information content (AvgIpc) is 3.44. The molecular weight excluding hydrogens is 552 g/mol. The highest BCUT2D eigenvalue weighted by Gasteiger charge is 2.42. The third-order valence-corrected chi connectivity index (χ3v) is 8.15. The molecule has 7 nitrogen and oxygen atoms in total. The van der Waals surface area contributed by atoms with Crippen LogP contribution in [0.4, 0.5) is 17.1 Å². The predicted octanol–water partition coefficient (Wildman–Crippen LogP) is 6.98. The molecular formula is C32H35ClN6OS. The minimum absolute atomic E-state index is 0.0860. The second-order valence-electron chi connectivity index (χ2n) is 10.9. The first kappa shape index (κ1) is 28.6. The molecule has 0 aliphatic carbocycles. The van der Waals surface area contributed by atoms with Gasteiger partial charge in [-0.1, -0.05) is 31.5 Å². The molecule has 2 N–H and O–H groups in total. The molecule has 212 valence electrons. The van der Waals surface area contributed by atoms with E-state index in [0.29, 0.717) is 15.8 Å². The Labute approximate surface area is 252 Å². The van der Waals surface area contributed by atoms with Crippen LogP contribution in [-0.2, 0) is 4.79 Å². The maximum atomic E-state index is 12.3. The molecule has 2 aromatic carbocycles. The van der Waals surface area contributed by atoms with Crippen LogP contribution in [0.15, 0.2) is 72.9 Å². The van der Waals surface area contributed by atoms with Crippen molar-refractivity contribution in [2.24, 2.45) is 5.92 Å². The highest BCUT2D eigenvalue weighted by atomic mass is 35.5. The minimum Gasteiger partial charge on any atom is -0.378 e. The Balaban J connectivity index is 1.60. The van der Waals surface area contributed by atoms with E-state index in [0.717, 1.165) is 39.7 Å². The van der Waals surface area contributed by atoms with Gasteiger partial charge in [0.05, 0.1) is 28.5 Å². The van der Waals surface area contributed by atoms with E-state index in [9.17, 15) is 4.79 Å². The number of nitrogens with zero attached hydrogens (tertiary/aromatic N) is 4. The van der Waals surface area contributed by atoms with E-state index in [1.165, 1.54) is 0 Å². The Kier molecular flexibility index (Phi) is 8.07. The zero-order chi connectivity index (χ0) is 29.4. The molecule has 3 heterocycles. The lowest BCUT2D eigenvalue weighted by Gasteiger charge is -2.28. The number of aromatic nitrogens is 2. The number of amides is 1. The fraction of sp³-hybridized carbons (Fsp3) is 0.281. The van der Waals surface area contributed by atoms with Crippen molar-refractivity contribution in [1.82, 2.24) is 14.9 Å². The molecule has 1 amide bonds. The van der Waals surface area contributed by atoms with Crippen molar-refractivity contribution in [3.8, 4) is 5.69 Å². The summed E-state index contributed by atoms with van der Waals surface area (Å²) in [6.45, 7) is 7.97. The van der Waals surface area contributed by atoms with Crippen LogP contribution < -0.4 is 20.4 Å². The summed E-state index contributed by atoms with van der Waals surface area (Å²) in [5.41, 5.74) is 7.92. The van der Waals surface area contributed by atoms with Gasteiger partial charge in [0, 0.05) is 54.7 Å². The number of thiocarbonyl (C=S) groups is 1. The number of benzene rings is 2. The Morgan fingerprint density at radius 1 is 1.05 bits per heavy atom. The summed E-state index contributed by atoms with van der Waals surface area (Å²) in [6.07, 6.45) is 1.80. The zero-order valence-electron chi connectivity index (χ0n) is 24.1. The molecule has 5 rings (SSSR count). The van der Waals surface area contributed by atoms with Crippen LogP contribution in [0.1, 0.15) is 48.6 Å². The number of hydrogen-bond acceptors (Lipinski definition) is 4. The van der Waals surface area contributed by atoms with Gasteiger partial charge < -0.3 is 25.0 Å². The van der Waals surface area contributed by atoms with Gasteiger partial charge in [0.15, 0.2) is 5.11 Å². The van der Waals surface area contributed by atoms with E-state index in [4.69, 9.17) is 23.8 Å². The third kappa shape index (κ3) is 5.54. The maximum absolute atomic E-state index is 12.3. The molecule has 0 radical (unpaired) electrons.